The van der Waals surface area contributed by atoms with Gasteiger partial charge in [0.15, 0.2) is 5.82 Å². The van der Waals surface area contributed by atoms with E-state index in [0.717, 1.165) is 22.2 Å². The first-order valence-electron chi connectivity index (χ1n) is 6.68. The van der Waals surface area contributed by atoms with Gasteiger partial charge in [-0.1, -0.05) is 47.5 Å². The van der Waals surface area contributed by atoms with Crippen LogP contribution in [0.4, 0.5) is 0 Å². The monoisotopic (exact) mass is 316 g/mol. The first-order valence-corrected chi connectivity index (χ1v) is 7.43. The summed E-state index contributed by atoms with van der Waals surface area (Å²) in [5, 5.41) is 1.69. The Kier molecular flexibility index (Phi) is 3.60. The van der Waals surface area contributed by atoms with Crippen LogP contribution in [0.25, 0.3) is 22.3 Å². The number of hydrogen-bond acceptors (Lipinski definition) is 2. The van der Waals surface area contributed by atoms with E-state index >= 15 is 0 Å². The Bertz CT molecular complexity index is 857. The molecule has 0 N–H and O–H groups in total. The van der Waals surface area contributed by atoms with Crippen LogP contribution in [0, 0.1) is 20.8 Å². The molecule has 4 heteroatoms. The van der Waals surface area contributed by atoms with Crippen molar-refractivity contribution in [3.8, 4) is 11.4 Å². The van der Waals surface area contributed by atoms with Crippen molar-refractivity contribution in [2.24, 2.45) is 0 Å². The molecule has 0 saturated carbocycles. The molecule has 0 aliphatic carbocycles. The van der Waals surface area contributed by atoms with Crippen LogP contribution in [0.3, 0.4) is 0 Å². The highest BCUT2D eigenvalue weighted by atomic mass is 35.5. The molecule has 3 rings (SSSR count). The summed E-state index contributed by atoms with van der Waals surface area (Å²) in [4.78, 5) is 9.13. The fourth-order valence-electron chi connectivity index (χ4n) is 2.40. The molecule has 0 amide bonds. The molecule has 0 atom stereocenters. The molecule has 0 spiro atoms. The maximum Gasteiger partial charge on any atom is 0.161 e. The maximum absolute atomic E-state index is 6.35. The van der Waals surface area contributed by atoms with Crippen molar-refractivity contribution in [2.75, 3.05) is 0 Å². The minimum atomic E-state index is 0.393. The number of hydrogen-bond donors (Lipinski definition) is 0. The minimum Gasteiger partial charge on any atom is -0.228 e. The van der Waals surface area contributed by atoms with Gasteiger partial charge in [-0.3, -0.25) is 0 Å². The SMILES string of the molecule is Cc1cccc(-c2nc(Cl)c3c(Cl)ccc(C)c3n2)c1C. The summed E-state index contributed by atoms with van der Waals surface area (Å²) >= 11 is 12.6. The van der Waals surface area contributed by atoms with Crippen LogP contribution < -0.4 is 0 Å². The van der Waals surface area contributed by atoms with Crippen molar-refractivity contribution in [3.63, 3.8) is 0 Å². The number of rotatable bonds is 1. The topological polar surface area (TPSA) is 25.8 Å². The van der Waals surface area contributed by atoms with E-state index in [1.165, 1.54) is 5.56 Å². The second kappa shape index (κ2) is 5.28. The van der Waals surface area contributed by atoms with Gasteiger partial charge in [-0.2, -0.15) is 0 Å². The lowest BCUT2D eigenvalue weighted by atomic mass is 10.0. The summed E-state index contributed by atoms with van der Waals surface area (Å²) in [5.74, 6) is 0.638. The summed E-state index contributed by atoms with van der Waals surface area (Å²) in [6.07, 6.45) is 0. The standard InChI is InChI=1S/C17H14Cl2N2/c1-9-5-4-6-12(11(9)3)17-20-15-10(2)7-8-13(18)14(15)16(19)21-17/h4-8H,1-3H3. The van der Waals surface area contributed by atoms with Crippen LogP contribution in [0.5, 0.6) is 0 Å². The van der Waals surface area contributed by atoms with Crippen molar-refractivity contribution >= 4 is 34.1 Å². The molecule has 3 aromatic rings. The third kappa shape index (κ3) is 2.39. The van der Waals surface area contributed by atoms with Crippen molar-refractivity contribution < 1.29 is 0 Å². The second-order valence-electron chi connectivity index (χ2n) is 5.17. The normalized spacial score (nSPS) is 11.1. The van der Waals surface area contributed by atoms with E-state index in [9.17, 15) is 0 Å². The lowest BCUT2D eigenvalue weighted by Crippen LogP contribution is -1.96. The zero-order chi connectivity index (χ0) is 15.1. The Morgan fingerprint density at radius 3 is 2.38 bits per heavy atom. The van der Waals surface area contributed by atoms with E-state index in [0.29, 0.717) is 21.4 Å². The van der Waals surface area contributed by atoms with E-state index in [1.807, 2.05) is 31.2 Å². The van der Waals surface area contributed by atoms with Gasteiger partial charge >= 0.3 is 0 Å². The van der Waals surface area contributed by atoms with E-state index in [4.69, 9.17) is 23.2 Å². The van der Waals surface area contributed by atoms with Gasteiger partial charge < -0.3 is 0 Å². The van der Waals surface area contributed by atoms with Gasteiger partial charge in [-0.15, -0.1) is 0 Å². The van der Waals surface area contributed by atoms with Gasteiger partial charge in [-0.05, 0) is 43.5 Å². The number of aromatic nitrogens is 2. The number of fused-ring (bicyclic) bond motifs is 1. The third-order valence-electron chi connectivity index (χ3n) is 3.80. The lowest BCUT2D eigenvalue weighted by Gasteiger charge is -2.11. The average molecular weight is 317 g/mol. The summed E-state index contributed by atoms with van der Waals surface area (Å²) in [7, 11) is 0. The highest BCUT2D eigenvalue weighted by molar-refractivity contribution is 6.41. The molecule has 0 bridgehead atoms. The van der Waals surface area contributed by atoms with Crippen molar-refractivity contribution in [1.29, 1.82) is 0 Å². The van der Waals surface area contributed by atoms with Crippen LogP contribution in [0.15, 0.2) is 30.3 Å². The van der Waals surface area contributed by atoms with E-state index < -0.39 is 0 Å². The molecular weight excluding hydrogens is 303 g/mol. The molecule has 2 aromatic carbocycles. The third-order valence-corrected chi connectivity index (χ3v) is 4.39. The highest BCUT2D eigenvalue weighted by Crippen LogP contribution is 2.33. The van der Waals surface area contributed by atoms with Gasteiger partial charge in [0, 0.05) is 5.56 Å². The van der Waals surface area contributed by atoms with Gasteiger partial charge in [0.2, 0.25) is 0 Å². The van der Waals surface area contributed by atoms with E-state index in [1.54, 1.807) is 0 Å². The zero-order valence-corrected chi connectivity index (χ0v) is 13.5. The Morgan fingerprint density at radius 2 is 1.62 bits per heavy atom. The van der Waals surface area contributed by atoms with Gasteiger partial charge in [0.1, 0.15) is 5.15 Å². The summed E-state index contributed by atoms with van der Waals surface area (Å²) in [6.45, 7) is 6.13. The first kappa shape index (κ1) is 14.3. The molecule has 0 fully saturated rings. The molecule has 21 heavy (non-hydrogen) atoms. The van der Waals surface area contributed by atoms with Crippen LogP contribution >= 0.6 is 23.2 Å². The number of halogens is 2. The van der Waals surface area contributed by atoms with Crippen molar-refractivity contribution in [3.05, 3.63) is 57.2 Å². The number of benzene rings is 2. The smallest absolute Gasteiger partial charge is 0.161 e. The Labute approximate surface area is 133 Å². The molecule has 0 aliphatic rings. The predicted octanol–water partition coefficient (Wildman–Crippen LogP) is 5.53. The van der Waals surface area contributed by atoms with Gasteiger partial charge in [0.25, 0.3) is 0 Å². The summed E-state index contributed by atoms with van der Waals surface area (Å²) in [5.41, 5.74) is 5.20. The molecule has 1 aromatic heterocycles. The fraction of sp³-hybridized carbons (Fsp3) is 0.176. The Balaban J connectivity index is 2.36. The van der Waals surface area contributed by atoms with Crippen LogP contribution in [0.2, 0.25) is 10.2 Å². The highest BCUT2D eigenvalue weighted by Gasteiger charge is 2.14. The van der Waals surface area contributed by atoms with Crippen LogP contribution in [-0.4, -0.2) is 9.97 Å². The largest absolute Gasteiger partial charge is 0.228 e. The summed E-state index contributed by atoms with van der Waals surface area (Å²) < 4.78 is 0. The quantitative estimate of drug-likeness (QED) is 0.552. The Morgan fingerprint density at radius 1 is 0.857 bits per heavy atom. The molecule has 0 unspecified atom stereocenters. The average Bonchev–Trinajstić information content (AvgIpc) is 2.45. The molecule has 0 aliphatic heterocycles. The predicted molar refractivity (Wildman–Crippen MR) is 89.2 cm³/mol. The summed E-state index contributed by atoms with van der Waals surface area (Å²) in [6, 6.07) is 9.86. The van der Waals surface area contributed by atoms with E-state index in [-0.39, 0.29) is 0 Å². The Hall–Kier alpha value is -1.64. The minimum absolute atomic E-state index is 0.393. The lowest BCUT2D eigenvalue weighted by molar-refractivity contribution is 1.20. The van der Waals surface area contributed by atoms with Crippen molar-refractivity contribution in [1.82, 2.24) is 9.97 Å². The van der Waals surface area contributed by atoms with Crippen molar-refractivity contribution in [2.45, 2.75) is 20.8 Å². The number of aryl methyl sites for hydroxylation is 2. The van der Waals surface area contributed by atoms with Crippen LogP contribution in [-0.2, 0) is 0 Å². The number of nitrogens with zero attached hydrogens (tertiary/aromatic N) is 2. The fourth-order valence-corrected chi connectivity index (χ4v) is 2.97. The molecule has 1 heterocycles. The van der Waals surface area contributed by atoms with E-state index in [2.05, 4.69) is 29.9 Å². The van der Waals surface area contributed by atoms with Gasteiger partial charge in [-0.25, -0.2) is 9.97 Å². The second-order valence-corrected chi connectivity index (χ2v) is 5.94. The zero-order valence-electron chi connectivity index (χ0n) is 12.0. The van der Waals surface area contributed by atoms with Gasteiger partial charge in [0.05, 0.1) is 15.9 Å². The van der Waals surface area contributed by atoms with Crippen LogP contribution in [0.1, 0.15) is 16.7 Å². The maximum atomic E-state index is 6.35. The molecule has 0 saturated heterocycles. The first-order chi connectivity index (χ1) is 9.99. The molecule has 2 nitrogen and oxygen atoms in total. The molecule has 106 valence electrons. The molecular formula is C17H14Cl2N2. The molecule has 0 radical (unpaired) electrons.